The Balaban J connectivity index is 1.64. The molecule has 0 spiro atoms. The molecule has 6 nitrogen and oxygen atoms in total. The number of fused-ring (bicyclic) bond motifs is 1. The van der Waals surface area contributed by atoms with Gasteiger partial charge in [0.25, 0.3) is 0 Å². The van der Waals surface area contributed by atoms with Gasteiger partial charge < -0.3 is 19.1 Å². The van der Waals surface area contributed by atoms with Crippen LogP contribution in [-0.2, 0) is 6.61 Å². The van der Waals surface area contributed by atoms with Gasteiger partial charge in [-0.25, -0.2) is 11.6 Å². The fourth-order valence-electron chi connectivity index (χ4n) is 3.80. The van der Waals surface area contributed by atoms with E-state index in [9.17, 15) is 5.11 Å². The molecule has 0 bridgehead atoms. The van der Waals surface area contributed by atoms with Crippen molar-refractivity contribution in [3.05, 3.63) is 70.3 Å². The van der Waals surface area contributed by atoms with Gasteiger partial charge in [-0.1, -0.05) is 17.7 Å². The zero-order valence-corrected chi connectivity index (χ0v) is 17.6. The third kappa shape index (κ3) is 4.05. The lowest BCUT2D eigenvalue weighted by Crippen LogP contribution is -2.30. The molecule has 0 saturated heterocycles. The van der Waals surface area contributed by atoms with E-state index >= 15 is 0 Å². The second-order valence-corrected chi connectivity index (χ2v) is 7.68. The van der Waals surface area contributed by atoms with Crippen LogP contribution in [0.15, 0.2) is 42.7 Å². The Labute approximate surface area is 180 Å². The van der Waals surface area contributed by atoms with Crippen molar-refractivity contribution in [2.45, 2.75) is 13.0 Å². The topological polar surface area (TPSA) is 54.4 Å². The molecule has 3 aromatic rings. The maximum atomic E-state index is 9.79. The van der Waals surface area contributed by atoms with Gasteiger partial charge in [-0.2, -0.15) is 0 Å². The summed E-state index contributed by atoms with van der Waals surface area (Å²) in [6.07, 6.45) is 7.16. The van der Waals surface area contributed by atoms with Crippen molar-refractivity contribution in [3.63, 3.8) is 0 Å². The number of nitrogens with zero attached hydrogens (tertiary/aromatic N) is 4. The van der Waals surface area contributed by atoms with Crippen LogP contribution in [0, 0.1) is 6.57 Å². The Morgan fingerprint density at radius 1 is 1.33 bits per heavy atom. The number of hydrogen-bond acceptors (Lipinski definition) is 4. The molecule has 2 aromatic heterocycles. The summed E-state index contributed by atoms with van der Waals surface area (Å²) < 4.78 is 7.23. The second kappa shape index (κ2) is 8.88. The van der Waals surface area contributed by atoms with E-state index in [0.717, 1.165) is 48.5 Å². The lowest BCUT2D eigenvalue weighted by Gasteiger charge is -2.24. The van der Waals surface area contributed by atoms with E-state index in [1.807, 2.05) is 16.8 Å². The maximum absolute atomic E-state index is 9.79. The van der Waals surface area contributed by atoms with E-state index in [1.54, 1.807) is 19.2 Å². The monoisotopic (exact) mass is 422 g/mol. The first kappa shape index (κ1) is 20.4. The molecular weight excluding hydrogens is 400 g/mol. The predicted molar refractivity (Wildman–Crippen MR) is 119 cm³/mol. The molecule has 3 heterocycles. The van der Waals surface area contributed by atoms with E-state index in [4.69, 9.17) is 27.9 Å². The number of aliphatic hydroxyl groups excluding tert-OH is 1. The molecule has 0 aliphatic carbocycles. The number of hydrogen-bond donors (Lipinski definition) is 1. The van der Waals surface area contributed by atoms with Crippen LogP contribution in [0.5, 0.6) is 5.75 Å². The van der Waals surface area contributed by atoms with Crippen molar-refractivity contribution >= 4 is 22.8 Å². The molecule has 7 heteroatoms. The highest BCUT2D eigenvalue weighted by molar-refractivity contribution is 6.32. The van der Waals surface area contributed by atoms with E-state index in [-0.39, 0.29) is 6.61 Å². The number of rotatable bonds is 6. The van der Waals surface area contributed by atoms with Gasteiger partial charge in [0.2, 0.25) is 6.54 Å². The van der Waals surface area contributed by atoms with Gasteiger partial charge in [-0.3, -0.25) is 4.90 Å². The van der Waals surface area contributed by atoms with Crippen LogP contribution in [0.1, 0.15) is 17.5 Å². The third-order valence-corrected chi connectivity index (χ3v) is 5.77. The second-order valence-electron chi connectivity index (χ2n) is 7.27. The number of methoxy groups -OCH3 is 1. The number of aromatic nitrogens is 2. The van der Waals surface area contributed by atoms with Crippen LogP contribution in [0.25, 0.3) is 27.3 Å². The zero-order chi connectivity index (χ0) is 21.1. The average Bonchev–Trinajstić information content (AvgIpc) is 3.21. The molecule has 0 amide bonds. The van der Waals surface area contributed by atoms with Gasteiger partial charge >= 0.3 is 0 Å². The Bertz CT molecular complexity index is 1150. The number of aliphatic hydroxyl groups is 1. The first-order valence-electron chi connectivity index (χ1n) is 9.84. The van der Waals surface area contributed by atoms with Crippen LogP contribution >= 0.6 is 11.6 Å². The van der Waals surface area contributed by atoms with Crippen LogP contribution < -0.4 is 4.74 Å². The molecule has 1 aromatic carbocycles. The Hall–Kier alpha value is -2.85. The van der Waals surface area contributed by atoms with Gasteiger partial charge in [-0.15, -0.1) is 0 Å². The van der Waals surface area contributed by atoms with Gasteiger partial charge in [0.1, 0.15) is 11.4 Å². The lowest BCUT2D eigenvalue weighted by molar-refractivity contribution is 0.281. The fraction of sp³-hybridized carbons (Fsp3) is 0.304. The minimum absolute atomic E-state index is 0.126. The van der Waals surface area contributed by atoms with Gasteiger partial charge in [0.05, 0.1) is 31.0 Å². The average molecular weight is 423 g/mol. The summed E-state index contributed by atoms with van der Waals surface area (Å²) in [4.78, 5) is 10.5. The predicted octanol–water partition coefficient (Wildman–Crippen LogP) is 4.16. The van der Waals surface area contributed by atoms with Crippen molar-refractivity contribution in [2.24, 2.45) is 0 Å². The normalized spacial score (nSPS) is 14.5. The Morgan fingerprint density at radius 3 is 2.90 bits per heavy atom. The number of halogens is 1. The quantitative estimate of drug-likeness (QED) is 0.606. The summed E-state index contributed by atoms with van der Waals surface area (Å²) in [5.41, 5.74) is 5.58. The zero-order valence-electron chi connectivity index (χ0n) is 16.8. The largest absolute Gasteiger partial charge is 0.495 e. The minimum Gasteiger partial charge on any atom is -0.495 e. The lowest BCUT2D eigenvalue weighted by atomic mass is 10.0. The summed E-state index contributed by atoms with van der Waals surface area (Å²) in [6, 6.07) is 7.73. The van der Waals surface area contributed by atoms with Crippen LogP contribution in [-0.4, -0.2) is 52.7 Å². The van der Waals surface area contributed by atoms with E-state index in [0.29, 0.717) is 17.3 Å². The minimum atomic E-state index is -0.126. The Kier molecular flexibility index (Phi) is 6.05. The van der Waals surface area contributed by atoms with Gasteiger partial charge in [-0.05, 0) is 47.4 Å². The number of benzene rings is 1. The Morgan fingerprint density at radius 2 is 2.20 bits per heavy atom. The first-order chi connectivity index (χ1) is 14.6. The highest BCUT2D eigenvalue weighted by Crippen LogP contribution is 2.34. The molecule has 30 heavy (non-hydrogen) atoms. The SMILES string of the molecule is [C-]#[N+]CCN1CC=C(c2ccn3cc(-c4cc(Cl)c(OC)cc4CO)nc3c2)CC1. The van der Waals surface area contributed by atoms with E-state index < -0.39 is 0 Å². The highest BCUT2D eigenvalue weighted by Gasteiger charge is 2.16. The fourth-order valence-corrected chi connectivity index (χ4v) is 4.04. The van der Waals surface area contributed by atoms with Crippen molar-refractivity contribution in [1.29, 1.82) is 0 Å². The van der Waals surface area contributed by atoms with Crippen LogP contribution in [0.2, 0.25) is 5.02 Å². The molecule has 1 aliphatic heterocycles. The van der Waals surface area contributed by atoms with Crippen molar-refractivity contribution in [1.82, 2.24) is 14.3 Å². The van der Waals surface area contributed by atoms with E-state index in [2.05, 4.69) is 28.0 Å². The molecule has 0 radical (unpaired) electrons. The van der Waals surface area contributed by atoms with E-state index in [1.165, 1.54) is 11.1 Å². The third-order valence-electron chi connectivity index (χ3n) is 5.48. The molecule has 0 fully saturated rings. The molecular formula is C23H23ClN4O2. The van der Waals surface area contributed by atoms with Crippen LogP contribution in [0.3, 0.4) is 0 Å². The maximum Gasteiger partial charge on any atom is 0.227 e. The number of pyridine rings is 1. The summed E-state index contributed by atoms with van der Waals surface area (Å²) in [5, 5.41) is 10.3. The van der Waals surface area contributed by atoms with Crippen LogP contribution in [0.4, 0.5) is 0 Å². The molecule has 0 unspecified atom stereocenters. The summed E-state index contributed by atoms with van der Waals surface area (Å²) in [6.45, 7) is 10.0. The molecule has 1 aliphatic rings. The molecule has 0 saturated carbocycles. The molecule has 1 N–H and O–H groups in total. The van der Waals surface area contributed by atoms with Crippen molar-refractivity contribution < 1.29 is 9.84 Å². The standard InChI is InChI=1S/C23H23ClN4O2/c1-25-6-10-27-7-3-16(4-8-27)17-5-9-28-14-21(26-23(28)12-17)19-13-20(24)22(30-2)11-18(19)15-29/h3,5,9,11-14,29H,4,6-8,10,15H2,2H3. The van der Waals surface area contributed by atoms with Gasteiger partial charge in [0.15, 0.2) is 0 Å². The summed E-state index contributed by atoms with van der Waals surface area (Å²) in [5.74, 6) is 0.533. The summed E-state index contributed by atoms with van der Waals surface area (Å²) in [7, 11) is 1.55. The first-order valence-corrected chi connectivity index (χ1v) is 10.2. The highest BCUT2D eigenvalue weighted by atomic mass is 35.5. The number of imidazole rings is 1. The smallest absolute Gasteiger partial charge is 0.227 e. The molecule has 4 rings (SSSR count). The number of ether oxygens (including phenoxy) is 1. The molecule has 154 valence electrons. The van der Waals surface area contributed by atoms with Crippen molar-refractivity contribution in [3.8, 4) is 17.0 Å². The molecule has 0 atom stereocenters. The summed E-state index contributed by atoms with van der Waals surface area (Å²) >= 11 is 6.31. The van der Waals surface area contributed by atoms with Gasteiger partial charge in [0, 0.05) is 31.0 Å². The van der Waals surface area contributed by atoms with Crippen molar-refractivity contribution in [2.75, 3.05) is 33.3 Å².